The first-order valence-electron chi connectivity index (χ1n) is 7.62. The van der Waals surface area contributed by atoms with E-state index in [2.05, 4.69) is 16.4 Å². The molecule has 0 bridgehead atoms. The standard InChI is InChI=1S/C19H18N2O2S/c1-13-3-4-14(2)17(9-13)23-18-6-5-15(10-20-18)11-21-19(22)16-7-8-24-12-16/h3-10,12H,11H2,1-2H3,(H,21,22). The maximum absolute atomic E-state index is 11.9. The monoisotopic (exact) mass is 338 g/mol. The second kappa shape index (κ2) is 7.27. The van der Waals surface area contributed by atoms with Crippen LogP contribution in [-0.4, -0.2) is 10.9 Å². The average molecular weight is 338 g/mol. The van der Waals surface area contributed by atoms with Crippen LogP contribution in [0.25, 0.3) is 0 Å². The molecular formula is C19H18N2O2S. The zero-order valence-electron chi connectivity index (χ0n) is 13.6. The number of ether oxygens (including phenoxy) is 1. The molecule has 0 unspecified atom stereocenters. The summed E-state index contributed by atoms with van der Waals surface area (Å²) >= 11 is 1.50. The normalized spacial score (nSPS) is 10.4. The molecule has 3 aromatic rings. The molecule has 5 heteroatoms. The molecule has 0 saturated heterocycles. The van der Waals surface area contributed by atoms with Gasteiger partial charge >= 0.3 is 0 Å². The maximum atomic E-state index is 11.9. The lowest BCUT2D eigenvalue weighted by Gasteiger charge is -2.09. The summed E-state index contributed by atoms with van der Waals surface area (Å²) in [5.74, 6) is 1.27. The van der Waals surface area contributed by atoms with Crippen LogP contribution in [0.2, 0.25) is 0 Å². The maximum Gasteiger partial charge on any atom is 0.252 e. The molecular weight excluding hydrogens is 320 g/mol. The number of carbonyl (C=O) groups excluding carboxylic acids is 1. The molecule has 24 heavy (non-hydrogen) atoms. The Bertz CT molecular complexity index is 827. The van der Waals surface area contributed by atoms with Crippen molar-refractivity contribution in [2.75, 3.05) is 0 Å². The molecule has 0 fully saturated rings. The largest absolute Gasteiger partial charge is 0.439 e. The number of thiophene rings is 1. The molecule has 0 radical (unpaired) electrons. The van der Waals surface area contributed by atoms with E-state index in [0.717, 1.165) is 22.4 Å². The molecule has 0 aliphatic carbocycles. The Labute approximate surface area is 145 Å². The van der Waals surface area contributed by atoms with E-state index in [-0.39, 0.29) is 5.91 Å². The van der Waals surface area contributed by atoms with Crippen molar-refractivity contribution < 1.29 is 9.53 Å². The number of carbonyl (C=O) groups is 1. The van der Waals surface area contributed by atoms with E-state index in [9.17, 15) is 4.79 Å². The van der Waals surface area contributed by atoms with Crippen LogP contribution in [0.3, 0.4) is 0 Å². The van der Waals surface area contributed by atoms with Gasteiger partial charge in [0, 0.05) is 29.8 Å². The van der Waals surface area contributed by atoms with Crippen LogP contribution >= 0.6 is 11.3 Å². The first-order chi connectivity index (χ1) is 11.6. The quantitative estimate of drug-likeness (QED) is 0.746. The molecule has 1 aromatic carbocycles. The number of amides is 1. The van der Waals surface area contributed by atoms with Gasteiger partial charge in [0.2, 0.25) is 5.88 Å². The summed E-state index contributed by atoms with van der Waals surface area (Å²) < 4.78 is 5.83. The van der Waals surface area contributed by atoms with Gasteiger partial charge in [0.05, 0.1) is 0 Å². The Kier molecular flexibility index (Phi) is 4.91. The third-order valence-corrected chi connectivity index (χ3v) is 4.28. The van der Waals surface area contributed by atoms with Gasteiger partial charge in [0.15, 0.2) is 0 Å². The molecule has 3 rings (SSSR count). The van der Waals surface area contributed by atoms with Gasteiger partial charge in [0.1, 0.15) is 5.75 Å². The number of hydrogen-bond acceptors (Lipinski definition) is 4. The van der Waals surface area contributed by atoms with E-state index in [1.165, 1.54) is 11.3 Å². The van der Waals surface area contributed by atoms with Crippen LogP contribution in [0, 0.1) is 13.8 Å². The first kappa shape index (κ1) is 16.2. The second-order valence-electron chi connectivity index (χ2n) is 5.57. The average Bonchev–Trinajstić information content (AvgIpc) is 3.12. The van der Waals surface area contributed by atoms with Crippen LogP contribution in [0.1, 0.15) is 27.0 Å². The molecule has 0 aliphatic rings. The highest BCUT2D eigenvalue weighted by atomic mass is 32.1. The second-order valence-corrected chi connectivity index (χ2v) is 6.35. The molecule has 2 heterocycles. The van der Waals surface area contributed by atoms with Gasteiger partial charge < -0.3 is 10.1 Å². The molecule has 4 nitrogen and oxygen atoms in total. The molecule has 1 amide bonds. The van der Waals surface area contributed by atoms with Gasteiger partial charge in [-0.25, -0.2) is 4.98 Å². The lowest BCUT2D eigenvalue weighted by Crippen LogP contribution is -2.22. The Morgan fingerprint density at radius 1 is 1.21 bits per heavy atom. The zero-order chi connectivity index (χ0) is 16.9. The van der Waals surface area contributed by atoms with Crippen molar-refractivity contribution >= 4 is 17.2 Å². The van der Waals surface area contributed by atoms with Gasteiger partial charge in [0.25, 0.3) is 5.91 Å². The minimum absolute atomic E-state index is 0.0769. The molecule has 0 aliphatic heterocycles. The van der Waals surface area contributed by atoms with Crippen molar-refractivity contribution in [3.63, 3.8) is 0 Å². The minimum Gasteiger partial charge on any atom is -0.439 e. The number of hydrogen-bond donors (Lipinski definition) is 1. The van der Waals surface area contributed by atoms with E-state index >= 15 is 0 Å². The van der Waals surface area contributed by atoms with Crippen LogP contribution in [0.4, 0.5) is 0 Å². The Hall–Kier alpha value is -2.66. The first-order valence-corrected chi connectivity index (χ1v) is 8.56. The summed E-state index contributed by atoms with van der Waals surface area (Å²) in [6.45, 7) is 4.47. The predicted octanol–water partition coefficient (Wildman–Crippen LogP) is 4.48. The Balaban J connectivity index is 1.61. The van der Waals surface area contributed by atoms with E-state index in [1.54, 1.807) is 12.3 Å². The fraction of sp³-hybridized carbons (Fsp3) is 0.158. The molecule has 2 aromatic heterocycles. The highest BCUT2D eigenvalue weighted by Crippen LogP contribution is 2.24. The Morgan fingerprint density at radius 2 is 2.08 bits per heavy atom. The minimum atomic E-state index is -0.0769. The van der Waals surface area contributed by atoms with Crippen molar-refractivity contribution in [3.8, 4) is 11.6 Å². The number of nitrogens with one attached hydrogen (secondary N) is 1. The molecule has 122 valence electrons. The van der Waals surface area contributed by atoms with Gasteiger partial charge in [-0.1, -0.05) is 18.2 Å². The van der Waals surface area contributed by atoms with Gasteiger partial charge in [-0.2, -0.15) is 11.3 Å². The van der Waals surface area contributed by atoms with Crippen molar-refractivity contribution in [1.82, 2.24) is 10.3 Å². The van der Waals surface area contributed by atoms with Gasteiger partial charge in [-0.3, -0.25) is 4.79 Å². The van der Waals surface area contributed by atoms with E-state index in [1.807, 2.05) is 48.9 Å². The third-order valence-electron chi connectivity index (χ3n) is 3.59. The number of rotatable bonds is 5. The van der Waals surface area contributed by atoms with E-state index < -0.39 is 0 Å². The fourth-order valence-electron chi connectivity index (χ4n) is 2.18. The smallest absolute Gasteiger partial charge is 0.252 e. The van der Waals surface area contributed by atoms with Gasteiger partial charge in [-0.15, -0.1) is 0 Å². The summed E-state index contributed by atoms with van der Waals surface area (Å²) in [6.07, 6.45) is 1.72. The Morgan fingerprint density at radius 3 is 2.79 bits per heavy atom. The van der Waals surface area contributed by atoms with Crippen molar-refractivity contribution in [2.45, 2.75) is 20.4 Å². The van der Waals surface area contributed by atoms with Crippen LogP contribution in [-0.2, 0) is 6.54 Å². The SMILES string of the molecule is Cc1ccc(C)c(Oc2ccc(CNC(=O)c3ccsc3)cn2)c1. The van der Waals surface area contributed by atoms with Crippen LogP contribution in [0.5, 0.6) is 11.6 Å². The van der Waals surface area contributed by atoms with Crippen LogP contribution < -0.4 is 10.1 Å². The zero-order valence-corrected chi connectivity index (χ0v) is 14.4. The van der Waals surface area contributed by atoms with Crippen molar-refractivity contribution in [1.29, 1.82) is 0 Å². The number of pyridine rings is 1. The lowest BCUT2D eigenvalue weighted by molar-refractivity contribution is 0.0951. The third kappa shape index (κ3) is 4.00. The topological polar surface area (TPSA) is 51.2 Å². The molecule has 0 saturated carbocycles. The fourth-order valence-corrected chi connectivity index (χ4v) is 2.82. The summed E-state index contributed by atoms with van der Waals surface area (Å²) in [5.41, 5.74) is 3.81. The number of aryl methyl sites for hydroxylation is 2. The summed E-state index contributed by atoms with van der Waals surface area (Å²) in [7, 11) is 0. The summed E-state index contributed by atoms with van der Waals surface area (Å²) in [5, 5.41) is 6.59. The summed E-state index contributed by atoms with van der Waals surface area (Å²) in [6, 6.07) is 11.6. The van der Waals surface area contributed by atoms with Gasteiger partial charge in [-0.05, 0) is 48.1 Å². The lowest BCUT2D eigenvalue weighted by atomic mass is 10.1. The van der Waals surface area contributed by atoms with Crippen molar-refractivity contribution in [2.24, 2.45) is 0 Å². The molecule has 0 spiro atoms. The van der Waals surface area contributed by atoms with E-state index in [4.69, 9.17) is 4.74 Å². The van der Waals surface area contributed by atoms with Crippen LogP contribution in [0.15, 0.2) is 53.4 Å². The number of benzene rings is 1. The summed E-state index contributed by atoms with van der Waals surface area (Å²) in [4.78, 5) is 16.2. The van der Waals surface area contributed by atoms with E-state index in [0.29, 0.717) is 18.0 Å². The molecule has 1 N–H and O–H groups in total. The highest BCUT2D eigenvalue weighted by Gasteiger charge is 2.06. The molecule has 0 atom stereocenters. The number of nitrogens with zero attached hydrogens (tertiary/aromatic N) is 1. The predicted molar refractivity (Wildman–Crippen MR) is 95.7 cm³/mol. The number of aromatic nitrogens is 1. The van der Waals surface area contributed by atoms with Crippen molar-refractivity contribution in [3.05, 3.63) is 75.6 Å². The highest BCUT2D eigenvalue weighted by molar-refractivity contribution is 7.08.